The summed E-state index contributed by atoms with van der Waals surface area (Å²) in [5.41, 5.74) is 1.14. The molecule has 5 heteroatoms. The van der Waals surface area contributed by atoms with E-state index in [0.717, 1.165) is 37.9 Å². The van der Waals surface area contributed by atoms with Gasteiger partial charge in [-0.1, -0.05) is 12.8 Å². The zero-order valence-corrected chi connectivity index (χ0v) is 11.4. The summed E-state index contributed by atoms with van der Waals surface area (Å²) in [5.74, 6) is 0. The number of likely N-dealkylation sites (tertiary alicyclic amines) is 1. The molecule has 1 N–H and O–H groups in total. The van der Waals surface area contributed by atoms with Crippen LogP contribution in [0.1, 0.15) is 37.4 Å². The van der Waals surface area contributed by atoms with Crippen LogP contribution < -0.4 is 0 Å². The van der Waals surface area contributed by atoms with Crippen molar-refractivity contribution in [3.05, 3.63) is 24.0 Å². The smallest absolute Gasteiger partial charge is 0.410 e. The number of aryl methyl sites for hydroxylation is 1. The quantitative estimate of drug-likeness (QED) is 0.911. The third-order valence-electron chi connectivity index (χ3n) is 3.63. The summed E-state index contributed by atoms with van der Waals surface area (Å²) in [6.45, 7) is 0.656. The van der Waals surface area contributed by atoms with E-state index >= 15 is 0 Å². The molecule has 5 nitrogen and oxygen atoms in total. The van der Waals surface area contributed by atoms with E-state index in [2.05, 4.69) is 10.6 Å². The fourth-order valence-corrected chi connectivity index (χ4v) is 2.67. The van der Waals surface area contributed by atoms with Gasteiger partial charge in [0, 0.05) is 25.5 Å². The van der Waals surface area contributed by atoms with Crippen molar-refractivity contribution < 1.29 is 14.6 Å². The molecule has 19 heavy (non-hydrogen) atoms. The van der Waals surface area contributed by atoms with Crippen LogP contribution in [0.25, 0.3) is 0 Å². The van der Waals surface area contributed by atoms with Crippen LogP contribution in [0.4, 0.5) is 4.79 Å². The van der Waals surface area contributed by atoms with E-state index in [1.54, 1.807) is 4.90 Å². The van der Waals surface area contributed by atoms with Crippen molar-refractivity contribution in [2.75, 3.05) is 19.8 Å². The molecule has 1 aliphatic heterocycles. The number of aliphatic hydroxyl groups excluding tert-OH is 1. The zero-order chi connectivity index (χ0) is 13.7. The fraction of sp³-hybridized carbons (Fsp3) is 0.643. The summed E-state index contributed by atoms with van der Waals surface area (Å²) in [7, 11) is 2.00. The molecular formula is C14H22N2O3. The SMILES string of the molecule is Cn1cccc1C1CCCCCN1C(=O)OCCO. The number of carbonyl (C=O) groups excluding carboxylic acids is 1. The van der Waals surface area contributed by atoms with Gasteiger partial charge in [-0.15, -0.1) is 0 Å². The highest BCUT2D eigenvalue weighted by atomic mass is 16.6. The van der Waals surface area contributed by atoms with Crippen molar-refractivity contribution in [3.63, 3.8) is 0 Å². The van der Waals surface area contributed by atoms with Gasteiger partial charge >= 0.3 is 6.09 Å². The van der Waals surface area contributed by atoms with Crippen molar-refractivity contribution in [2.24, 2.45) is 7.05 Å². The van der Waals surface area contributed by atoms with Gasteiger partial charge in [0.05, 0.1) is 12.6 Å². The second kappa shape index (κ2) is 6.61. The number of nitrogens with zero attached hydrogens (tertiary/aromatic N) is 2. The van der Waals surface area contributed by atoms with Crippen LogP contribution in [0.3, 0.4) is 0 Å². The Kier molecular flexibility index (Phi) is 4.85. The summed E-state index contributed by atoms with van der Waals surface area (Å²) >= 11 is 0. The first-order valence-electron chi connectivity index (χ1n) is 6.89. The lowest BCUT2D eigenvalue weighted by Gasteiger charge is -2.29. The standard InChI is InChI=1S/C14H22N2O3/c1-15-8-5-7-12(15)13-6-3-2-4-9-16(13)14(18)19-11-10-17/h5,7-8,13,17H,2-4,6,9-11H2,1H3. The van der Waals surface area contributed by atoms with Gasteiger partial charge < -0.3 is 14.4 Å². The molecule has 1 fully saturated rings. The molecule has 0 aliphatic carbocycles. The molecule has 1 amide bonds. The van der Waals surface area contributed by atoms with Crippen LogP contribution >= 0.6 is 0 Å². The molecule has 2 heterocycles. The van der Waals surface area contributed by atoms with Gasteiger partial charge in [-0.05, 0) is 25.0 Å². The number of carbonyl (C=O) groups is 1. The van der Waals surface area contributed by atoms with Crippen molar-refractivity contribution in [1.29, 1.82) is 0 Å². The third kappa shape index (κ3) is 3.29. The summed E-state index contributed by atoms with van der Waals surface area (Å²) in [6, 6.07) is 4.13. The molecule has 0 aromatic carbocycles. The molecule has 0 bridgehead atoms. The maximum atomic E-state index is 12.1. The Hall–Kier alpha value is -1.49. The number of hydrogen-bond acceptors (Lipinski definition) is 3. The number of ether oxygens (including phenoxy) is 1. The Morgan fingerprint density at radius 3 is 3.00 bits per heavy atom. The summed E-state index contributed by atoms with van der Waals surface area (Å²) in [6.07, 6.45) is 5.92. The predicted molar refractivity (Wildman–Crippen MR) is 71.8 cm³/mol. The fourth-order valence-electron chi connectivity index (χ4n) is 2.67. The lowest BCUT2D eigenvalue weighted by atomic mass is 10.1. The van der Waals surface area contributed by atoms with Crippen molar-refractivity contribution in [3.8, 4) is 0 Å². The Bertz CT molecular complexity index is 417. The lowest BCUT2D eigenvalue weighted by molar-refractivity contribution is 0.0704. The highest BCUT2D eigenvalue weighted by Crippen LogP contribution is 2.30. The molecular weight excluding hydrogens is 244 g/mol. The minimum absolute atomic E-state index is 0.0647. The summed E-state index contributed by atoms with van der Waals surface area (Å²) in [5, 5.41) is 8.76. The largest absolute Gasteiger partial charge is 0.447 e. The van der Waals surface area contributed by atoms with Crippen LogP contribution in [-0.2, 0) is 11.8 Å². The molecule has 1 aromatic heterocycles. The number of amides is 1. The van der Waals surface area contributed by atoms with E-state index in [4.69, 9.17) is 9.84 Å². The van der Waals surface area contributed by atoms with Crippen LogP contribution in [0.2, 0.25) is 0 Å². The summed E-state index contributed by atoms with van der Waals surface area (Å²) in [4.78, 5) is 13.9. The second-order valence-corrected chi connectivity index (χ2v) is 4.94. The van der Waals surface area contributed by atoms with Crippen LogP contribution in [0.15, 0.2) is 18.3 Å². The van der Waals surface area contributed by atoms with Gasteiger partial charge in [-0.25, -0.2) is 4.79 Å². The van der Waals surface area contributed by atoms with Gasteiger partial charge in [0.15, 0.2) is 0 Å². The number of aromatic nitrogens is 1. The molecule has 1 aliphatic rings. The highest BCUT2D eigenvalue weighted by molar-refractivity contribution is 5.68. The Balaban J connectivity index is 2.16. The van der Waals surface area contributed by atoms with E-state index in [9.17, 15) is 4.79 Å². The maximum Gasteiger partial charge on any atom is 0.410 e. The molecule has 0 radical (unpaired) electrons. The molecule has 1 aromatic rings. The Labute approximate surface area is 113 Å². The number of rotatable bonds is 3. The van der Waals surface area contributed by atoms with E-state index in [1.165, 1.54) is 0 Å². The lowest BCUT2D eigenvalue weighted by Crippen LogP contribution is -2.36. The predicted octanol–water partition coefficient (Wildman–Crippen LogP) is 2.07. The molecule has 1 saturated heterocycles. The van der Waals surface area contributed by atoms with Gasteiger partial charge in [0.25, 0.3) is 0 Å². The van der Waals surface area contributed by atoms with Crippen LogP contribution in [-0.4, -0.2) is 40.4 Å². The average Bonchev–Trinajstić information content (AvgIpc) is 2.69. The van der Waals surface area contributed by atoms with E-state index < -0.39 is 0 Å². The van der Waals surface area contributed by atoms with Gasteiger partial charge in [0.2, 0.25) is 0 Å². The topological polar surface area (TPSA) is 54.7 Å². The Morgan fingerprint density at radius 1 is 1.47 bits per heavy atom. The first-order valence-corrected chi connectivity index (χ1v) is 6.89. The van der Waals surface area contributed by atoms with E-state index in [0.29, 0.717) is 0 Å². The second-order valence-electron chi connectivity index (χ2n) is 4.94. The van der Waals surface area contributed by atoms with Crippen LogP contribution in [0, 0.1) is 0 Å². The molecule has 1 unspecified atom stereocenters. The van der Waals surface area contributed by atoms with Crippen molar-refractivity contribution in [1.82, 2.24) is 9.47 Å². The Morgan fingerprint density at radius 2 is 2.32 bits per heavy atom. The van der Waals surface area contributed by atoms with E-state index in [1.807, 2.05) is 19.3 Å². The molecule has 2 rings (SSSR count). The van der Waals surface area contributed by atoms with Crippen LogP contribution in [0.5, 0.6) is 0 Å². The minimum Gasteiger partial charge on any atom is -0.447 e. The minimum atomic E-state index is -0.317. The molecule has 0 saturated carbocycles. The molecule has 106 valence electrons. The van der Waals surface area contributed by atoms with Gasteiger partial charge in [0.1, 0.15) is 6.61 Å². The van der Waals surface area contributed by atoms with Crippen molar-refractivity contribution in [2.45, 2.75) is 31.7 Å². The first kappa shape index (κ1) is 13.9. The molecule has 1 atom stereocenters. The zero-order valence-electron chi connectivity index (χ0n) is 11.4. The third-order valence-corrected chi connectivity index (χ3v) is 3.63. The van der Waals surface area contributed by atoms with Crippen molar-refractivity contribution >= 4 is 6.09 Å². The molecule has 0 spiro atoms. The van der Waals surface area contributed by atoms with Gasteiger partial charge in [-0.2, -0.15) is 0 Å². The van der Waals surface area contributed by atoms with Gasteiger partial charge in [-0.3, -0.25) is 4.90 Å². The first-order chi connectivity index (χ1) is 9.24. The number of hydrogen-bond donors (Lipinski definition) is 1. The average molecular weight is 266 g/mol. The monoisotopic (exact) mass is 266 g/mol. The van der Waals surface area contributed by atoms with E-state index in [-0.39, 0.29) is 25.3 Å². The summed E-state index contributed by atoms with van der Waals surface area (Å²) < 4.78 is 7.14. The highest BCUT2D eigenvalue weighted by Gasteiger charge is 2.29. The maximum absolute atomic E-state index is 12.1. The number of aliphatic hydroxyl groups is 1. The normalized spacial score (nSPS) is 20.1.